The Labute approximate surface area is 336 Å². The molecule has 3 heteroatoms. The summed E-state index contributed by atoms with van der Waals surface area (Å²) in [4.78, 5) is 4.48. The molecule has 9 aromatic carbocycles. The monoisotopic (exact) mass is 737 g/mol. The first kappa shape index (κ1) is 27.7. The van der Waals surface area contributed by atoms with Crippen LogP contribution in [0.1, 0.15) is 19.5 Å². The highest BCUT2D eigenvalue weighted by atomic mass is 32.1. The van der Waals surface area contributed by atoms with E-state index in [1.165, 1.54) is 69.5 Å². The van der Waals surface area contributed by atoms with Gasteiger partial charge in [-0.2, -0.15) is 0 Å². The van der Waals surface area contributed by atoms with Crippen molar-refractivity contribution < 1.29 is 6.85 Å². The summed E-state index contributed by atoms with van der Waals surface area (Å²) in [6.45, 7) is -2.90. The molecule has 0 fully saturated rings. The fourth-order valence-electron chi connectivity index (χ4n) is 8.58. The quantitative estimate of drug-likeness (QED) is 0.155. The highest BCUT2D eigenvalue weighted by Gasteiger charge is 2.20. The van der Waals surface area contributed by atoms with Crippen LogP contribution in [0.25, 0.3) is 103 Å². The molecule has 0 amide bonds. The molecular weight excluding hydrogens is 697 g/mol. The third kappa shape index (κ3) is 5.20. The molecule has 0 atom stereocenters. The maximum absolute atomic E-state index is 8.59. The van der Waals surface area contributed by atoms with Crippen LogP contribution in [0.5, 0.6) is 0 Å². The molecule has 2 aromatic heterocycles. The lowest BCUT2D eigenvalue weighted by Gasteiger charge is -2.19. The fourth-order valence-corrected chi connectivity index (χ4v) is 9.71. The van der Waals surface area contributed by atoms with Crippen LogP contribution in [0.4, 0.5) is 0 Å². The number of benzene rings is 9. The minimum atomic E-state index is -2.90. The van der Waals surface area contributed by atoms with Gasteiger partial charge in [0.2, 0.25) is 0 Å². The average molecular weight is 738 g/mol. The van der Waals surface area contributed by atoms with Gasteiger partial charge in [0.25, 0.3) is 0 Å². The van der Waals surface area contributed by atoms with Gasteiger partial charge >= 0.3 is 0 Å². The molecule has 56 heavy (non-hydrogen) atoms. The number of para-hydroxylation sites is 2. The predicted molar refractivity (Wildman–Crippen MR) is 240 cm³/mol. The minimum Gasteiger partial charge on any atom is -0.296 e. The standard InChI is InChI=1S/C53H36N2S/c1-2-50-54-46-19-9-10-20-47(46)55(50)39-30-27-36(28-31-39)35-23-25-37(26-24-35)51-40-15-6-7-16-41(40)52(45-33-38(29-32-42(45)51)34-13-4-3-5-14-34)44-18-12-22-49-53(44)43-17-8-11-21-48(43)56-49/h3-33H,2H2,1H3/i1D3,2D2. The lowest BCUT2D eigenvalue weighted by molar-refractivity contribution is 0.908. The van der Waals surface area contributed by atoms with E-state index in [1.54, 1.807) is 10.6 Å². The molecular formula is C53H36N2S. The van der Waals surface area contributed by atoms with Gasteiger partial charge in [-0.3, -0.25) is 4.57 Å². The normalized spacial score (nSPS) is 13.5. The summed E-state index contributed by atoms with van der Waals surface area (Å²) < 4.78 is 45.3. The summed E-state index contributed by atoms with van der Waals surface area (Å²) >= 11 is 1.84. The third-order valence-electron chi connectivity index (χ3n) is 11.1. The highest BCUT2D eigenvalue weighted by Crippen LogP contribution is 2.48. The number of thiophene rings is 1. The molecule has 0 aliphatic rings. The zero-order valence-corrected chi connectivity index (χ0v) is 31.0. The molecule has 0 saturated carbocycles. The smallest absolute Gasteiger partial charge is 0.114 e. The van der Waals surface area contributed by atoms with Crippen LogP contribution in [0.15, 0.2) is 188 Å². The molecule has 0 aliphatic carbocycles. The van der Waals surface area contributed by atoms with Crippen molar-refractivity contribution in [3.63, 3.8) is 0 Å². The van der Waals surface area contributed by atoms with Crippen LogP contribution < -0.4 is 0 Å². The number of imidazole rings is 1. The average Bonchev–Trinajstić information content (AvgIpc) is 3.88. The molecule has 11 rings (SSSR count). The van der Waals surface area contributed by atoms with E-state index < -0.39 is 13.2 Å². The molecule has 11 aromatic rings. The summed E-state index contributed by atoms with van der Waals surface area (Å²) in [7, 11) is 0. The number of fused-ring (bicyclic) bond motifs is 6. The second-order valence-electron chi connectivity index (χ2n) is 14.2. The number of nitrogens with zero attached hydrogens (tertiary/aromatic N) is 2. The van der Waals surface area contributed by atoms with Crippen LogP contribution in [-0.2, 0) is 6.37 Å². The van der Waals surface area contributed by atoms with Gasteiger partial charge in [0.1, 0.15) is 5.82 Å². The maximum atomic E-state index is 8.59. The lowest BCUT2D eigenvalue weighted by atomic mass is 9.83. The number of hydrogen-bond acceptors (Lipinski definition) is 2. The predicted octanol–water partition coefficient (Wildman–Crippen LogP) is 14.9. The van der Waals surface area contributed by atoms with E-state index in [-0.39, 0.29) is 5.82 Å². The highest BCUT2D eigenvalue weighted by molar-refractivity contribution is 7.26. The maximum Gasteiger partial charge on any atom is 0.114 e. The van der Waals surface area contributed by atoms with Gasteiger partial charge in [-0.25, -0.2) is 4.98 Å². The van der Waals surface area contributed by atoms with Crippen LogP contribution in [0.3, 0.4) is 0 Å². The van der Waals surface area contributed by atoms with E-state index in [2.05, 4.69) is 145 Å². The van der Waals surface area contributed by atoms with Crippen molar-refractivity contribution in [1.82, 2.24) is 9.55 Å². The van der Waals surface area contributed by atoms with Gasteiger partial charge in [-0.1, -0.05) is 152 Å². The van der Waals surface area contributed by atoms with Crippen molar-refractivity contribution in [2.45, 2.75) is 13.2 Å². The second kappa shape index (κ2) is 13.2. The minimum absolute atomic E-state index is 0.146. The van der Waals surface area contributed by atoms with E-state index in [1.807, 2.05) is 53.8 Å². The van der Waals surface area contributed by atoms with Crippen LogP contribution >= 0.6 is 11.3 Å². The van der Waals surface area contributed by atoms with E-state index in [0.29, 0.717) is 16.7 Å². The molecule has 2 heterocycles. The first-order chi connectivity index (χ1) is 29.7. The number of aryl methyl sites for hydroxylation is 1. The lowest BCUT2D eigenvalue weighted by Crippen LogP contribution is -1.99. The van der Waals surface area contributed by atoms with Crippen molar-refractivity contribution in [2.24, 2.45) is 0 Å². The Kier molecular flexibility index (Phi) is 6.53. The molecule has 0 saturated heterocycles. The van der Waals surface area contributed by atoms with E-state index in [4.69, 9.17) is 6.85 Å². The van der Waals surface area contributed by atoms with Crippen molar-refractivity contribution in [2.75, 3.05) is 0 Å². The largest absolute Gasteiger partial charge is 0.296 e. The summed E-state index contributed by atoms with van der Waals surface area (Å²) in [6.07, 6.45) is -2.66. The van der Waals surface area contributed by atoms with Crippen molar-refractivity contribution >= 4 is 64.1 Å². The number of hydrogen-bond donors (Lipinski definition) is 0. The first-order valence-electron chi connectivity index (χ1n) is 21.3. The molecule has 0 unspecified atom stereocenters. The first-order valence-corrected chi connectivity index (χ1v) is 19.6. The van der Waals surface area contributed by atoms with Crippen LogP contribution in [-0.4, -0.2) is 9.55 Å². The SMILES string of the molecule is [2H]C([2H])([2H])C([2H])([2H])c1nc2ccccc2n1-c1ccc(-c2ccc(-c3c4ccccc4c(-c4cccc5sc6ccccc6c45)c4cc(-c5ccccc5)ccc34)cc2)cc1. The molecule has 0 bridgehead atoms. The molecule has 0 aliphatic heterocycles. The summed E-state index contributed by atoms with van der Waals surface area (Å²) in [5.74, 6) is -0.146. The topological polar surface area (TPSA) is 17.8 Å². The molecule has 264 valence electrons. The Morgan fingerprint density at radius 2 is 1.11 bits per heavy atom. The molecule has 0 radical (unpaired) electrons. The van der Waals surface area contributed by atoms with Crippen LogP contribution in [0, 0.1) is 0 Å². The van der Waals surface area contributed by atoms with Gasteiger partial charge in [0.05, 0.1) is 11.0 Å². The second-order valence-corrected chi connectivity index (χ2v) is 15.3. The van der Waals surface area contributed by atoms with Gasteiger partial charge < -0.3 is 0 Å². The Hall–Kier alpha value is -6.81. The molecule has 0 N–H and O–H groups in total. The summed E-state index contributed by atoms with van der Waals surface area (Å²) in [6, 6.07) is 65.5. The molecule has 0 spiro atoms. The third-order valence-corrected chi connectivity index (χ3v) is 12.2. The van der Waals surface area contributed by atoms with Crippen LogP contribution in [0.2, 0.25) is 0 Å². The van der Waals surface area contributed by atoms with Gasteiger partial charge in [0.15, 0.2) is 0 Å². The van der Waals surface area contributed by atoms with Crippen molar-refractivity contribution in [3.05, 3.63) is 194 Å². The summed E-state index contributed by atoms with van der Waals surface area (Å²) in [5, 5.41) is 7.33. The number of rotatable bonds is 6. The summed E-state index contributed by atoms with van der Waals surface area (Å²) in [5.41, 5.74) is 10.9. The Bertz CT molecular complexity index is 3480. The Morgan fingerprint density at radius 3 is 1.91 bits per heavy atom. The van der Waals surface area contributed by atoms with Crippen molar-refractivity contribution in [1.29, 1.82) is 0 Å². The molecule has 2 nitrogen and oxygen atoms in total. The zero-order valence-electron chi connectivity index (χ0n) is 35.2. The van der Waals surface area contributed by atoms with E-state index in [9.17, 15) is 0 Å². The van der Waals surface area contributed by atoms with Gasteiger partial charge in [-0.15, -0.1) is 11.3 Å². The Balaban J connectivity index is 1.06. The van der Waals surface area contributed by atoms with E-state index >= 15 is 0 Å². The van der Waals surface area contributed by atoms with Gasteiger partial charge in [0, 0.05) is 39.1 Å². The number of aromatic nitrogens is 2. The van der Waals surface area contributed by atoms with E-state index in [0.717, 1.165) is 16.7 Å². The zero-order chi connectivity index (χ0) is 41.5. The van der Waals surface area contributed by atoms with Gasteiger partial charge in [-0.05, 0) is 109 Å². The van der Waals surface area contributed by atoms with Crippen molar-refractivity contribution in [3.8, 4) is 50.2 Å². The fraction of sp³-hybridized carbons (Fsp3) is 0.0377. The Morgan fingerprint density at radius 1 is 0.500 bits per heavy atom.